The summed E-state index contributed by atoms with van der Waals surface area (Å²) in [6.07, 6.45) is 0.150. The number of benzene rings is 1. The van der Waals surface area contributed by atoms with Gasteiger partial charge in [0.15, 0.2) is 0 Å². The standard InChI is InChI=1S/C13H15Cl2NO4S/c1-8-3-11(12(20-2)5-10(8)14)16-6-9(4-13(16)17)7-21(15,18)19/h3,5,9H,4,6-7H2,1-2H3. The molecule has 0 spiro atoms. The first-order valence-electron chi connectivity index (χ1n) is 6.28. The van der Waals surface area contributed by atoms with E-state index in [1.165, 1.54) is 12.0 Å². The molecule has 116 valence electrons. The Bertz CT molecular complexity index is 675. The van der Waals surface area contributed by atoms with Crippen molar-refractivity contribution in [1.29, 1.82) is 0 Å². The number of amides is 1. The van der Waals surface area contributed by atoms with Gasteiger partial charge in [-0.15, -0.1) is 0 Å². The van der Waals surface area contributed by atoms with Gasteiger partial charge in [0.05, 0.1) is 18.6 Å². The molecular formula is C13H15Cl2NO4S. The van der Waals surface area contributed by atoms with Crippen LogP contribution in [0.3, 0.4) is 0 Å². The molecule has 1 aromatic carbocycles. The molecule has 21 heavy (non-hydrogen) atoms. The summed E-state index contributed by atoms with van der Waals surface area (Å²) in [4.78, 5) is 13.7. The number of methoxy groups -OCH3 is 1. The Hall–Kier alpha value is -0.980. The van der Waals surface area contributed by atoms with Crippen molar-refractivity contribution < 1.29 is 17.9 Å². The Kier molecular flexibility index (Phi) is 4.70. The molecule has 1 saturated heterocycles. The topological polar surface area (TPSA) is 63.7 Å². The van der Waals surface area contributed by atoms with Crippen molar-refractivity contribution in [3.05, 3.63) is 22.7 Å². The lowest BCUT2D eigenvalue weighted by atomic mass is 10.1. The first kappa shape index (κ1) is 16.4. The second-order valence-corrected chi connectivity index (χ2v) is 8.28. The van der Waals surface area contributed by atoms with E-state index < -0.39 is 9.05 Å². The number of halogens is 2. The fourth-order valence-corrected chi connectivity index (χ4v) is 3.90. The second-order valence-electron chi connectivity index (χ2n) is 5.05. The summed E-state index contributed by atoms with van der Waals surface area (Å²) in [6.45, 7) is 2.12. The molecule has 1 fully saturated rings. The summed E-state index contributed by atoms with van der Waals surface area (Å²) in [6, 6.07) is 3.40. The van der Waals surface area contributed by atoms with Crippen LogP contribution in [0.15, 0.2) is 12.1 Å². The Morgan fingerprint density at radius 3 is 2.67 bits per heavy atom. The number of rotatable bonds is 4. The minimum Gasteiger partial charge on any atom is -0.495 e. The van der Waals surface area contributed by atoms with Crippen molar-refractivity contribution >= 4 is 42.9 Å². The maximum atomic E-state index is 12.1. The fraction of sp³-hybridized carbons (Fsp3) is 0.462. The fourth-order valence-electron chi connectivity index (χ4n) is 2.43. The lowest BCUT2D eigenvalue weighted by molar-refractivity contribution is -0.117. The molecule has 2 rings (SSSR count). The van der Waals surface area contributed by atoms with E-state index in [9.17, 15) is 13.2 Å². The van der Waals surface area contributed by atoms with Gasteiger partial charge in [-0.3, -0.25) is 4.79 Å². The molecule has 0 radical (unpaired) electrons. The molecule has 0 aliphatic carbocycles. The van der Waals surface area contributed by atoms with Gasteiger partial charge < -0.3 is 9.64 Å². The van der Waals surface area contributed by atoms with E-state index in [0.717, 1.165) is 5.56 Å². The second kappa shape index (κ2) is 6.02. The molecule has 1 aliphatic rings. The smallest absolute Gasteiger partial charge is 0.232 e. The van der Waals surface area contributed by atoms with Gasteiger partial charge in [0.1, 0.15) is 5.75 Å². The molecule has 0 aromatic heterocycles. The van der Waals surface area contributed by atoms with Crippen LogP contribution in [0.25, 0.3) is 0 Å². The first-order valence-corrected chi connectivity index (χ1v) is 9.13. The van der Waals surface area contributed by atoms with Gasteiger partial charge in [-0.05, 0) is 18.6 Å². The number of hydrogen-bond acceptors (Lipinski definition) is 4. The van der Waals surface area contributed by atoms with E-state index in [-0.39, 0.29) is 24.0 Å². The summed E-state index contributed by atoms with van der Waals surface area (Å²) >= 11 is 6.04. The Morgan fingerprint density at radius 2 is 2.10 bits per heavy atom. The van der Waals surface area contributed by atoms with Gasteiger partial charge in [0, 0.05) is 40.7 Å². The van der Waals surface area contributed by atoms with Crippen LogP contribution in [0.5, 0.6) is 5.75 Å². The molecular weight excluding hydrogens is 337 g/mol. The lowest BCUT2D eigenvalue weighted by Gasteiger charge is -2.20. The van der Waals surface area contributed by atoms with E-state index >= 15 is 0 Å². The number of carbonyl (C=O) groups is 1. The molecule has 1 unspecified atom stereocenters. The normalized spacial score (nSPS) is 19.1. The SMILES string of the molecule is COc1cc(Cl)c(C)cc1N1CC(CS(=O)(=O)Cl)CC1=O. The van der Waals surface area contributed by atoms with Gasteiger partial charge in [0.25, 0.3) is 0 Å². The first-order chi connectivity index (χ1) is 9.71. The Morgan fingerprint density at radius 1 is 1.43 bits per heavy atom. The highest BCUT2D eigenvalue weighted by Crippen LogP contribution is 2.37. The van der Waals surface area contributed by atoms with Crippen LogP contribution in [0.1, 0.15) is 12.0 Å². The van der Waals surface area contributed by atoms with Gasteiger partial charge >= 0.3 is 0 Å². The van der Waals surface area contributed by atoms with Crippen LogP contribution in [-0.4, -0.2) is 33.7 Å². The Labute approximate surface area is 133 Å². The molecule has 5 nitrogen and oxygen atoms in total. The van der Waals surface area contributed by atoms with E-state index in [0.29, 0.717) is 23.0 Å². The van der Waals surface area contributed by atoms with Gasteiger partial charge in [-0.25, -0.2) is 8.42 Å². The number of anilines is 1. The molecule has 1 amide bonds. The average molecular weight is 352 g/mol. The zero-order chi connectivity index (χ0) is 15.8. The quantitative estimate of drug-likeness (QED) is 0.782. The highest BCUT2D eigenvalue weighted by Gasteiger charge is 2.34. The van der Waals surface area contributed by atoms with E-state index in [2.05, 4.69) is 0 Å². The average Bonchev–Trinajstić information content (AvgIpc) is 2.70. The molecule has 0 saturated carbocycles. The van der Waals surface area contributed by atoms with Crippen molar-refractivity contribution in [2.24, 2.45) is 5.92 Å². The predicted octanol–water partition coefficient (Wildman–Crippen LogP) is 2.58. The molecule has 0 N–H and O–H groups in total. The molecule has 8 heteroatoms. The highest BCUT2D eigenvalue weighted by atomic mass is 35.7. The predicted molar refractivity (Wildman–Crippen MR) is 82.8 cm³/mol. The molecule has 1 atom stereocenters. The van der Waals surface area contributed by atoms with Gasteiger partial charge in [0.2, 0.25) is 15.0 Å². The zero-order valence-electron chi connectivity index (χ0n) is 11.6. The number of hydrogen-bond donors (Lipinski definition) is 0. The minimum atomic E-state index is -3.63. The van der Waals surface area contributed by atoms with Crippen molar-refractivity contribution in [2.75, 3.05) is 24.3 Å². The summed E-state index contributed by atoms with van der Waals surface area (Å²) < 4.78 is 27.6. The molecule has 1 aliphatic heterocycles. The monoisotopic (exact) mass is 351 g/mol. The summed E-state index contributed by atoms with van der Waals surface area (Å²) in [5, 5.41) is 0.544. The van der Waals surface area contributed by atoms with Crippen LogP contribution >= 0.6 is 22.3 Å². The number of aryl methyl sites for hydroxylation is 1. The van der Waals surface area contributed by atoms with Crippen LogP contribution < -0.4 is 9.64 Å². The molecule has 1 aromatic rings. The molecule has 0 bridgehead atoms. The van der Waals surface area contributed by atoms with Crippen LogP contribution in [0.4, 0.5) is 5.69 Å². The number of ether oxygens (including phenoxy) is 1. The van der Waals surface area contributed by atoms with Crippen molar-refractivity contribution in [2.45, 2.75) is 13.3 Å². The highest BCUT2D eigenvalue weighted by molar-refractivity contribution is 8.13. The van der Waals surface area contributed by atoms with Crippen molar-refractivity contribution in [3.63, 3.8) is 0 Å². The third-order valence-corrected chi connectivity index (χ3v) is 5.05. The number of nitrogens with zero attached hydrogens (tertiary/aromatic N) is 1. The van der Waals surface area contributed by atoms with Crippen LogP contribution in [0, 0.1) is 12.8 Å². The van der Waals surface area contributed by atoms with Crippen LogP contribution in [0.2, 0.25) is 5.02 Å². The zero-order valence-corrected chi connectivity index (χ0v) is 13.9. The van der Waals surface area contributed by atoms with Crippen LogP contribution in [-0.2, 0) is 13.8 Å². The van der Waals surface area contributed by atoms with Gasteiger partial charge in [-0.1, -0.05) is 11.6 Å². The van der Waals surface area contributed by atoms with E-state index in [1.54, 1.807) is 12.1 Å². The summed E-state index contributed by atoms with van der Waals surface area (Å²) in [7, 11) is 3.13. The maximum Gasteiger partial charge on any atom is 0.232 e. The van der Waals surface area contributed by atoms with E-state index in [1.807, 2.05) is 6.92 Å². The van der Waals surface area contributed by atoms with E-state index in [4.69, 9.17) is 27.0 Å². The Balaban J connectivity index is 2.31. The van der Waals surface area contributed by atoms with Crippen molar-refractivity contribution in [3.8, 4) is 5.75 Å². The third-order valence-electron chi connectivity index (χ3n) is 3.39. The summed E-state index contributed by atoms with van der Waals surface area (Å²) in [5.41, 5.74) is 1.41. The summed E-state index contributed by atoms with van der Waals surface area (Å²) in [5.74, 6) is -0.208. The third kappa shape index (κ3) is 3.81. The maximum absolute atomic E-state index is 12.1. The largest absolute Gasteiger partial charge is 0.495 e. The van der Waals surface area contributed by atoms with Gasteiger partial charge in [-0.2, -0.15) is 0 Å². The molecule has 1 heterocycles. The van der Waals surface area contributed by atoms with Crippen molar-refractivity contribution in [1.82, 2.24) is 0 Å². The number of carbonyl (C=O) groups excluding carboxylic acids is 1. The lowest BCUT2D eigenvalue weighted by Crippen LogP contribution is -2.26. The minimum absolute atomic E-state index is 0.150.